The van der Waals surface area contributed by atoms with Gasteiger partial charge in [0.25, 0.3) is 0 Å². The lowest BCUT2D eigenvalue weighted by Gasteiger charge is -2.15. The summed E-state index contributed by atoms with van der Waals surface area (Å²) >= 11 is 0. The minimum atomic E-state index is 0.708. The van der Waals surface area contributed by atoms with E-state index < -0.39 is 0 Å². The molecule has 0 aliphatic heterocycles. The molecule has 0 radical (unpaired) electrons. The van der Waals surface area contributed by atoms with E-state index in [1.165, 1.54) is 12.8 Å². The molecule has 2 N–H and O–H groups in total. The fourth-order valence-electron chi connectivity index (χ4n) is 2.21. The van der Waals surface area contributed by atoms with E-state index in [1.54, 1.807) is 0 Å². The van der Waals surface area contributed by atoms with Crippen LogP contribution in [0.5, 0.6) is 0 Å². The molecule has 1 saturated carbocycles. The van der Waals surface area contributed by atoms with E-state index in [2.05, 4.69) is 17.0 Å². The minimum absolute atomic E-state index is 0.708. The van der Waals surface area contributed by atoms with Gasteiger partial charge in [0.2, 0.25) is 0 Å². The molecule has 2 nitrogen and oxygen atoms in total. The largest absolute Gasteiger partial charge is 0.304 e. The van der Waals surface area contributed by atoms with Gasteiger partial charge >= 0.3 is 0 Å². The van der Waals surface area contributed by atoms with Crippen molar-refractivity contribution in [3.8, 4) is 0 Å². The van der Waals surface area contributed by atoms with Crippen molar-refractivity contribution in [2.75, 3.05) is 6.61 Å². The Balaban J connectivity index is 1.96. The molecule has 56 valence electrons. The topological polar surface area (TPSA) is 35.2 Å². The van der Waals surface area contributed by atoms with Crippen LogP contribution >= 0.6 is 0 Å². The smallest absolute Gasteiger partial charge is 0.0713 e. The predicted octanol–water partition coefficient (Wildman–Crippen LogP) is 1.09. The molecule has 2 aliphatic rings. The normalized spacial score (nSPS) is 43.1. The van der Waals surface area contributed by atoms with Crippen LogP contribution in [0.3, 0.4) is 0 Å². The van der Waals surface area contributed by atoms with E-state index in [0.717, 1.165) is 18.4 Å². The van der Waals surface area contributed by atoms with Crippen LogP contribution in [0.15, 0.2) is 12.2 Å². The minimum Gasteiger partial charge on any atom is -0.304 e. The summed E-state index contributed by atoms with van der Waals surface area (Å²) in [6, 6.07) is 0. The maximum absolute atomic E-state index is 5.02. The standard InChI is InChI=1S/C8H13NO/c9-10-5-8-4-6-1-2-7(8)3-6/h1-2,6-8H,3-5,9H2. The lowest BCUT2D eigenvalue weighted by Crippen LogP contribution is -2.16. The molecule has 10 heavy (non-hydrogen) atoms. The van der Waals surface area contributed by atoms with Gasteiger partial charge in [0.05, 0.1) is 6.61 Å². The average molecular weight is 139 g/mol. The SMILES string of the molecule is NOCC1CC2C=CC1C2. The summed E-state index contributed by atoms with van der Waals surface area (Å²) in [5.74, 6) is 7.33. The van der Waals surface area contributed by atoms with Gasteiger partial charge in [0, 0.05) is 0 Å². The quantitative estimate of drug-likeness (QED) is 0.459. The molecule has 2 rings (SSSR count). The first-order valence-electron chi connectivity index (χ1n) is 3.90. The summed E-state index contributed by atoms with van der Waals surface area (Å²) in [6.07, 6.45) is 7.28. The van der Waals surface area contributed by atoms with Crippen molar-refractivity contribution in [2.24, 2.45) is 23.7 Å². The van der Waals surface area contributed by atoms with Crippen LogP contribution in [0.4, 0.5) is 0 Å². The van der Waals surface area contributed by atoms with Crippen molar-refractivity contribution in [3.63, 3.8) is 0 Å². The molecule has 0 saturated heterocycles. The maximum atomic E-state index is 5.02. The number of rotatable bonds is 2. The van der Waals surface area contributed by atoms with Crippen LogP contribution in [0.2, 0.25) is 0 Å². The molecule has 2 heteroatoms. The van der Waals surface area contributed by atoms with Crippen molar-refractivity contribution >= 4 is 0 Å². The van der Waals surface area contributed by atoms with Crippen LogP contribution in [0.25, 0.3) is 0 Å². The number of nitrogens with two attached hydrogens (primary N) is 1. The molecule has 3 unspecified atom stereocenters. The van der Waals surface area contributed by atoms with Crippen molar-refractivity contribution in [2.45, 2.75) is 12.8 Å². The maximum Gasteiger partial charge on any atom is 0.0713 e. The van der Waals surface area contributed by atoms with E-state index in [1.807, 2.05) is 0 Å². The van der Waals surface area contributed by atoms with Crippen LogP contribution < -0.4 is 5.90 Å². The van der Waals surface area contributed by atoms with Crippen LogP contribution in [0, 0.1) is 17.8 Å². The van der Waals surface area contributed by atoms with Gasteiger partial charge in [-0.3, -0.25) is 0 Å². The number of hydrogen-bond donors (Lipinski definition) is 1. The summed E-state index contributed by atoms with van der Waals surface area (Å²) in [6.45, 7) is 0.742. The van der Waals surface area contributed by atoms with Gasteiger partial charge in [-0.05, 0) is 30.6 Å². The number of fused-ring (bicyclic) bond motifs is 2. The third kappa shape index (κ3) is 0.879. The van der Waals surface area contributed by atoms with E-state index in [4.69, 9.17) is 5.90 Å². The molecule has 2 aliphatic carbocycles. The van der Waals surface area contributed by atoms with Crippen LogP contribution in [-0.2, 0) is 4.84 Å². The molecule has 1 fully saturated rings. The highest BCUT2D eigenvalue weighted by molar-refractivity contribution is 5.09. The molecule has 0 aromatic carbocycles. The fourth-order valence-corrected chi connectivity index (χ4v) is 2.21. The Morgan fingerprint density at radius 3 is 2.80 bits per heavy atom. The first-order valence-corrected chi connectivity index (χ1v) is 3.90. The van der Waals surface area contributed by atoms with Gasteiger partial charge in [-0.2, -0.15) is 0 Å². The van der Waals surface area contributed by atoms with E-state index >= 15 is 0 Å². The first kappa shape index (κ1) is 6.38. The monoisotopic (exact) mass is 139 g/mol. The Bertz CT molecular complexity index is 155. The zero-order chi connectivity index (χ0) is 6.97. The van der Waals surface area contributed by atoms with Gasteiger partial charge < -0.3 is 4.84 Å². The van der Waals surface area contributed by atoms with Crippen LogP contribution in [-0.4, -0.2) is 6.61 Å². The molecule has 2 bridgehead atoms. The van der Waals surface area contributed by atoms with E-state index in [-0.39, 0.29) is 0 Å². The summed E-state index contributed by atoms with van der Waals surface area (Å²) < 4.78 is 0. The third-order valence-electron chi connectivity index (χ3n) is 2.73. The van der Waals surface area contributed by atoms with Crippen molar-refractivity contribution in [1.82, 2.24) is 0 Å². The second kappa shape index (κ2) is 2.36. The van der Waals surface area contributed by atoms with Gasteiger partial charge in [-0.1, -0.05) is 12.2 Å². The highest BCUT2D eigenvalue weighted by atomic mass is 16.6. The summed E-state index contributed by atoms with van der Waals surface area (Å²) in [4.78, 5) is 4.64. The van der Waals surface area contributed by atoms with Gasteiger partial charge in [0.1, 0.15) is 0 Å². The molecule has 0 spiro atoms. The fraction of sp³-hybridized carbons (Fsp3) is 0.750. The number of hydrogen-bond acceptors (Lipinski definition) is 2. The Morgan fingerprint density at radius 2 is 2.30 bits per heavy atom. The second-order valence-corrected chi connectivity index (χ2v) is 3.37. The van der Waals surface area contributed by atoms with Gasteiger partial charge in [-0.15, -0.1) is 0 Å². The van der Waals surface area contributed by atoms with E-state index in [0.29, 0.717) is 5.92 Å². The van der Waals surface area contributed by atoms with Crippen molar-refractivity contribution < 1.29 is 4.84 Å². The summed E-state index contributed by atoms with van der Waals surface area (Å²) in [7, 11) is 0. The van der Waals surface area contributed by atoms with Gasteiger partial charge in [-0.25, -0.2) is 5.90 Å². The molecule has 0 aromatic heterocycles. The zero-order valence-electron chi connectivity index (χ0n) is 5.99. The summed E-state index contributed by atoms with van der Waals surface area (Å²) in [5.41, 5.74) is 0. The van der Waals surface area contributed by atoms with Crippen LogP contribution in [0.1, 0.15) is 12.8 Å². The highest BCUT2D eigenvalue weighted by Crippen LogP contribution is 2.43. The Hall–Kier alpha value is -0.340. The average Bonchev–Trinajstić information content (AvgIpc) is 2.48. The number of allylic oxidation sites excluding steroid dienone is 2. The molecular weight excluding hydrogens is 126 g/mol. The lowest BCUT2D eigenvalue weighted by atomic mass is 9.95. The van der Waals surface area contributed by atoms with E-state index in [9.17, 15) is 0 Å². The highest BCUT2D eigenvalue weighted by Gasteiger charge is 2.35. The molecule has 0 heterocycles. The van der Waals surface area contributed by atoms with Crippen molar-refractivity contribution in [3.05, 3.63) is 12.2 Å². The first-order chi connectivity index (χ1) is 4.90. The Kier molecular flexibility index (Phi) is 1.51. The van der Waals surface area contributed by atoms with Crippen molar-refractivity contribution in [1.29, 1.82) is 0 Å². The second-order valence-electron chi connectivity index (χ2n) is 3.37. The lowest BCUT2D eigenvalue weighted by molar-refractivity contribution is 0.0922. The summed E-state index contributed by atoms with van der Waals surface area (Å²) in [5, 5.41) is 0. The Morgan fingerprint density at radius 1 is 1.40 bits per heavy atom. The third-order valence-corrected chi connectivity index (χ3v) is 2.73. The zero-order valence-corrected chi connectivity index (χ0v) is 5.99. The molecule has 0 amide bonds. The van der Waals surface area contributed by atoms with Gasteiger partial charge in [0.15, 0.2) is 0 Å². The molecular formula is C8H13NO. The molecule has 3 atom stereocenters. The predicted molar refractivity (Wildman–Crippen MR) is 39.0 cm³/mol. The Labute approximate surface area is 61.0 Å². The molecule has 0 aromatic rings.